The number of methoxy groups -OCH3 is 1. The molecule has 4 aromatic rings. The summed E-state index contributed by atoms with van der Waals surface area (Å²) in [6, 6.07) is 11.0. The number of nitriles is 1. The monoisotopic (exact) mass is 449 g/mol. The van der Waals surface area contributed by atoms with E-state index in [2.05, 4.69) is 9.97 Å². The summed E-state index contributed by atoms with van der Waals surface area (Å²) in [6.07, 6.45) is 0.351. The molecule has 0 saturated heterocycles. The number of fused-ring (bicyclic) bond motifs is 3. The number of rotatable bonds is 6. The third-order valence-corrected chi connectivity index (χ3v) is 4.76. The minimum absolute atomic E-state index is 0.0764. The van der Waals surface area contributed by atoms with Gasteiger partial charge in [-0.1, -0.05) is 0 Å². The Bertz CT molecular complexity index is 1390. The number of hydrogen-bond donors (Lipinski definition) is 1. The fourth-order valence-electron chi connectivity index (χ4n) is 3.45. The highest BCUT2D eigenvalue weighted by Gasteiger charge is 2.19. The van der Waals surface area contributed by atoms with Crippen LogP contribution in [0.25, 0.3) is 21.8 Å². The second-order valence-electron chi connectivity index (χ2n) is 7.47. The molecular formula is C24H20FN3O5. The van der Waals surface area contributed by atoms with Gasteiger partial charge in [0.25, 0.3) is 0 Å². The van der Waals surface area contributed by atoms with E-state index in [1.807, 2.05) is 12.1 Å². The van der Waals surface area contributed by atoms with Crippen molar-refractivity contribution < 1.29 is 28.1 Å². The van der Waals surface area contributed by atoms with Crippen LogP contribution in [0.4, 0.5) is 9.18 Å². The number of carbonyl (C=O) groups is 1. The SMILES string of the molecule is COCc1c(OC(=O)OC(C)C)ncc2[nH]c3ccc(Oc4ccc(F)cc4C#N)cc3c12. The molecule has 168 valence electrons. The van der Waals surface area contributed by atoms with Crippen molar-refractivity contribution in [2.45, 2.75) is 26.6 Å². The fourth-order valence-corrected chi connectivity index (χ4v) is 3.45. The summed E-state index contributed by atoms with van der Waals surface area (Å²) in [4.78, 5) is 19.6. The molecular weight excluding hydrogens is 429 g/mol. The lowest BCUT2D eigenvalue weighted by Gasteiger charge is -2.12. The molecule has 8 nitrogen and oxygen atoms in total. The van der Waals surface area contributed by atoms with Crippen molar-refractivity contribution >= 4 is 28.0 Å². The second kappa shape index (κ2) is 9.14. The minimum Gasteiger partial charge on any atom is -0.456 e. The third-order valence-electron chi connectivity index (χ3n) is 4.76. The number of H-pyrrole nitrogens is 1. The number of ether oxygens (including phenoxy) is 4. The quantitative estimate of drug-likeness (QED) is 0.382. The number of carbonyl (C=O) groups excluding carboxylic acids is 1. The van der Waals surface area contributed by atoms with Crippen molar-refractivity contribution in [3.63, 3.8) is 0 Å². The van der Waals surface area contributed by atoms with E-state index in [9.17, 15) is 14.4 Å². The van der Waals surface area contributed by atoms with E-state index in [-0.39, 0.29) is 29.9 Å². The van der Waals surface area contributed by atoms with E-state index in [4.69, 9.17) is 18.9 Å². The molecule has 2 aromatic carbocycles. The van der Waals surface area contributed by atoms with Crippen LogP contribution in [0.2, 0.25) is 0 Å². The number of nitrogens with one attached hydrogen (secondary N) is 1. The predicted molar refractivity (Wildman–Crippen MR) is 118 cm³/mol. The van der Waals surface area contributed by atoms with Crippen LogP contribution in [0.1, 0.15) is 25.0 Å². The first-order chi connectivity index (χ1) is 15.9. The van der Waals surface area contributed by atoms with Crippen LogP contribution in [0.15, 0.2) is 42.6 Å². The summed E-state index contributed by atoms with van der Waals surface area (Å²) in [5.41, 5.74) is 2.13. The number of aromatic amines is 1. The van der Waals surface area contributed by atoms with Crippen molar-refractivity contribution in [1.82, 2.24) is 9.97 Å². The maximum Gasteiger partial charge on any atom is 0.515 e. The maximum atomic E-state index is 13.5. The van der Waals surface area contributed by atoms with Gasteiger partial charge in [-0.25, -0.2) is 14.2 Å². The topological polar surface area (TPSA) is 106 Å². The Hall–Kier alpha value is -4.16. The standard InChI is InChI=1S/C24H20FN3O5/c1-13(2)31-24(29)33-23-18(12-30-3)22-17-9-16(5-6-19(17)28-20(22)11-27-23)32-21-7-4-15(25)8-14(21)10-26/h4-9,11,13,28H,12H2,1-3H3. The van der Waals surface area contributed by atoms with E-state index in [0.29, 0.717) is 16.8 Å². The molecule has 2 heterocycles. The first-order valence-electron chi connectivity index (χ1n) is 10.1. The van der Waals surface area contributed by atoms with Gasteiger partial charge in [0, 0.05) is 23.4 Å². The first-order valence-corrected chi connectivity index (χ1v) is 10.1. The van der Waals surface area contributed by atoms with Crippen LogP contribution in [0, 0.1) is 17.1 Å². The van der Waals surface area contributed by atoms with Gasteiger partial charge in [-0.15, -0.1) is 0 Å². The lowest BCUT2D eigenvalue weighted by Crippen LogP contribution is -2.17. The zero-order valence-electron chi connectivity index (χ0n) is 18.1. The van der Waals surface area contributed by atoms with E-state index in [0.717, 1.165) is 22.4 Å². The molecule has 4 rings (SSSR count). The first kappa shape index (κ1) is 22.0. The highest BCUT2D eigenvalue weighted by molar-refractivity contribution is 6.09. The van der Waals surface area contributed by atoms with Crippen LogP contribution in [0.5, 0.6) is 17.4 Å². The highest BCUT2D eigenvalue weighted by atomic mass is 19.1. The molecule has 0 fully saturated rings. The number of halogens is 1. The Balaban J connectivity index is 1.80. The third kappa shape index (κ3) is 4.56. The molecule has 0 atom stereocenters. The van der Waals surface area contributed by atoms with Crippen molar-refractivity contribution in [3.05, 3.63) is 59.5 Å². The average Bonchev–Trinajstić information content (AvgIpc) is 3.14. The molecule has 9 heteroatoms. The summed E-state index contributed by atoms with van der Waals surface area (Å²) in [6.45, 7) is 3.56. The summed E-state index contributed by atoms with van der Waals surface area (Å²) in [7, 11) is 1.52. The highest BCUT2D eigenvalue weighted by Crippen LogP contribution is 2.36. The zero-order valence-corrected chi connectivity index (χ0v) is 18.1. The molecule has 0 saturated carbocycles. The predicted octanol–water partition coefficient (Wildman–Crippen LogP) is 5.59. The van der Waals surface area contributed by atoms with Crippen LogP contribution < -0.4 is 9.47 Å². The Morgan fingerprint density at radius 3 is 2.76 bits per heavy atom. The molecule has 0 amide bonds. The summed E-state index contributed by atoms with van der Waals surface area (Å²) in [5.74, 6) is 0.226. The summed E-state index contributed by atoms with van der Waals surface area (Å²) >= 11 is 0. The number of aromatic nitrogens is 2. The van der Waals surface area contributed by atoms with E-state index < -0.39 is 12.0 Å². The Kier molecular flexibility index (Phi) is 6.11. The molecule has 0 aliphatic heterocycles. The molecule has 33 heavy (non-hydrogen) atoms. The Labute approximate surface area is 188 Å². The van der Waals surface area contributed by atoms with E-state index in [1.54, 1.807) is 32.2 Å². The normalized spacial score (nSPS) is 11.0. The average molecular weight is 449 g/mol. The van der Waals surface area contributed by atoms with Gasteiger partial charge in [-0.3, -0.25) is 0 Å². The Morgan fingerprint density at radius 2 is 2.03 bits per heavy atom. The Morgan fingerprint density at radius 1 is 1.21 bits per heavy atom. The molecule has 2 aromatic heterocycles. The van der Waals surface area contributed by atoms with E-state index in [1.165, 1.54) is 19.2 Å². The number of pyridine rings is 1. The van der Waals surface area contributed by atoms with Crippen LogP contribution >= 0.6 is 0 Å². The van der Waals surface area contributed by atoms with Gasteiger partial charge in [0.15, 0.2) is 0 Å². The molecule has 0 aliphatic carbocycles. The van der Waals surface area contributed by atoms with Gasteiger partial charge in [0.1, 0.15) is 23.4 Å². The molecule has 1 N–H and O–H groups in total. The number of nitrogens with zero attached hydrogens (tertiary/aromatic N) is 2. The summed E-state index contributed by atoms with van der Waals surface area (Å²) in [5, 5.41) is 10.8. The lowest BCUT2D eigenvalue weighted by atomic mass is 10.1. The van der Waals surface area contributed by atoms with Gasteiger partial charge in [0.05, 0.1) is 35.6 Å². The molecule has 0 spiro atoms. The second-order valence-corrected chi connectivity index (χ2v) is 7.47. The largest absolute Gasteiger partial charge is 0.515 e. The zero-order chi connectivity index (χ0) is 23.5. The molecule has 0 bridgehead atoms. The number of benzene rings is 2. The van der Waals surface area contributed by atoms with Crippen molar-refractivity contribution in [1.29, 1.82) is 5.26 Å². The van der Waals surface area contributed by atoms with Crippen molar-refractivity contribution in [2.75, 3.05) is 7.11 Å². The van der Waals surface area contributed by atoms with Gasteiger partial charge in [-0.2, -0.15) is 5.26 Å². The van der Waals surface area contributed by atoms with Crippen molar-refractivity contribution in [3.8, 4) is 23.4 Å². The van der Waals surface area contributed by atoms with Crippen LogP contribution in [-0.4, -0.2) is 29.3 Å². The van der Waals surface area contributed by atoms with Gasteiger partial charge in [-0.05, 0) is 50.2 Å². The van der Waals surface area contributed by atoms with Crippen LogP contribution in [0.3, 0.4) is 0 Å². The smallest absolute Gasteiger partial charge is 0.456 e. The van der Waals surface area contributed by atoms with Gasteiger partial charge in [0.2, 0.25) is 5.88 Å². The maximum absolute atomic E-state index is 13.5. The molecule has 0 aliphatic rings. The van der Waals surface area contributed by atoms with E-state index >= 15 is 0 Å². The van der Waals surface area contributed by atoms with Gasteiger partial charge < -0.3 is 23.9 Å². The fraction of sp³-hybridized carbons (Fsp3) is 0.208. The minimum atomic E-state index is -0.863. The summed E-state index contributed by atoms with van der Waals surface area (Å²) < 4.78 is 35.1. The van der Waals surface area contributed by atoms with Gasteiger partial charge >= 0.3 is 6.16 Å². The lowest BCUT2D eigenvalue weighted by molar-refractivity contribution is 0.0705. The number of hydrogen-bond acceptors (Lipinski definition) is 7. The molecule has 0 unspecified atom stereocenters. The van der Waals surface area contributed by atoms with Crippen molar-refractivity contribution in [2.24, 2.45) is 0 Å². The molecule has 0 radical (unpaired) electrons. The van der Waals surface area contributed by atoms with Crippen LogP contribution in [-0.2, 0) is 16.1 Å².